The van der Waals surface area contributed by atoms with E-state index >= 15 is 0 Å². The van der Waals surface area contributed by atoms with Gasteiger partial charge in [0.1, 0.15) is 6.34 Å². The number of hydrogen-bond acceptors (Lipinski definition) is 2. The van der Waals surface area contributed by atoms with Gasteiger partial charge >= 0.3 is 0 Å². The van der Waals surface area contributed by atoms with Crippen molar-refractivity contribution in [3.05, 3.63) is 0 Å². The summed E-state index contributed by atoms with van der Waals surface area (Å²) in [6.45, 7) is 3.62. The lowest BCUT2D eigenvalue weighted by Gasteiger charge is -1.69. The maximum Gasteiger partial charge on any atom is 0.137 e. The van der Waals surface area contributed by atoms with Crippen LogP contribution in [0.3, 0.4) is 0 Å². The molecule has 0 N–H and O–H groups in total. The molecule has 0 fully saturated rings. The second-order valence-corrected chi connectivity index (χ2v) is 1.01. The molecule has 0 aromatic rings. The lowest BCUT2D eigenvalue weighted by atomic mass is 10.9. The molecule has 0 aromatic heterocycles. The van der Waals surface area contributed by atoms with Crippen molar-refractivity contribution in [1.82, 2.24) is 0 Å². The average molecular weight is 111 g/mol. The van der Waals surface area contributed by atoms with Crippen molar-refractivity contribution in [2.24, 2.45) is 15.2 Å². The lowest BCUT2D eigenvalue weighted by molar-refractivity contribution is 1.25. The molecular weight excluding hydrogens is 102 g/mol. The Labute approximate surface area is 48.9 Å². The number of rotatable bonds is 2. The number of aliphatic imine (C=N–C) groups is 1. The third-order valence-corrected chi connectivity index (χ3v) is 0.450. The van der Waals surface area contributed by atoms with Gasteiger partial charge in [-0.15, -0.1) is 5.10 Å². The summed E-state index contributed by atoms with van der Waals surface area (Å²) in [5.74, 6) is 0. The first-order chi connectivity index (χ1) is 3.91. The van der Waals surface area contributed by atoms with Gasteiger partial charge in [-0.05, 0) is 13.8 Å². The molecule has 0 amide bonds. The van der Waals surface area contributed by atoms with Crippen LogP contribution < -0.4 is 0 Å². The van der Waals surface area contributed by atoms with E-state index in [2.05, 4.69) is 15.2 Å². The van der Waals surface area contributed by atoms with Gasteiger partial charge in [0.15, 0.2) is 0 Å². The molecule has 0 unspecified atom stereocenters. The molecule has 0 spiro atoms. The molecule has 0 rings (SSSR count). The van der Waals surface area contributed by atoms with Gasteiger partial charge in [-0.1, -0.05) is 0 Å². The van der Waals surface area contributed by atoms with E-state index in [9.17, 15) is 0 Å². The van der Waals surface area contributed by atoms with E-state index in [0.717, 1.165) is 0 Å². The van der Waals surface area contributed by atoms with Crippen molar-refractivity contribution in [3.8, 4) is 0 Å². The molecule has 0 aliphatic heterocycles. The Balaban J connectivity index is 3.35. The molecular formula is C5H9N3. The predicted molar refractivity (Wildman–Crippen MR) is 36.8 cm³/mol. The predicted octanol–water partition coefficient (Wildman–Crippen LogP) is 1.11. The zero-order chi connectivity index (χ0) is 6.24. The largest absolute Gasteiger partial charge is 0.248 e. The van der Waals surface area contributed by atoms with Crippen LogP contribution in [0.5, 0.6) is 0 Å². The Morgan fingerprint density at radius 3 is 2.25 bits per heavy atom. The molecule has 0 heterocycles. The fourth-order valence-electron chi connectivity index (χ4n) is 0.193. The molecule has 0 saturated carbocycles. The van der Waals surface area contributed by atoms with Crippen LogP contribution in [-0.2, 0) is 0 Å². The zero-order valence-electron chi connectivity index (χ0n) is 5.07. The Kier molecular flexibility index (Phi) is 5.27. The van der Waals surface area contributed by atoms with E-state index in [4.69, 9.17) is 0 Å². The van der Waals surface area contributed by atoms with Gasteiger partial charge in [-0.2, -0.15) is 5.10 Å². The van der Waals surface area contributed by atoms with Gasteiger partial charge in [0, 0.05) is 12.4 Å². The monoisotopic (exact) mass is 111 g/mol. The van der Waals surface area contributed by atoms with E-state index in [-0.39, 0.29) is 0 Å². The van der Waals surface area contributed by atoms with E-state index in [1.54, 1.807) is 19.4 Å². The summed E-state index contributed by atoms with van der Waals surface area (Å²) >= 11 is 0. The van der Waals surface area contributed by atoms with Crippen molar-refractivity contribution >= 4 is 18.8 Å². The smallest absolute Gasteiger partial charge is 0.137 e. The summed E-state index contributed by atoms with van der Waals surface area (Å²) in [4.78, 5) is 3.68. The van der Waals surface area contributed by atoms with E-state index in [1.165, 1.54) is 6.34 Å². The van der Waals surface area contributed by atoms with Gasteiger partial charge in [0.25, 0.3) is 0 Å². The maximum absolute atomic E-state index is 3.68. The molecule has 3 heteroatoms. The summed E-state index contributed by atoms with van der Waals surface area (Å²) in [5, 5.41) is 7.07. The molecule has 0 aliphatic rings. The standard InChI is InChI=1S/C5H9N3/c1-3-6-5-8-7-4-2/h3-5H,1-2H3/b6-3-,7-4-,8-5-. The summed E-state index contributed by atoms with van der Waals surface area (Å²) in [6, 6.07) is 0. The van der Waals surface area contributed by atoms with Gasteiger partial charge in [-0.3, -0.25) is 0 Å². The van der Waals surface area contributed by atoms with E-state index in [0.29, 0.717) is 0 Å². The highest BCUT2D eigenvalue weighted by molar-refractivity contribution is 5.70. The highest BCUT2D eigenvalue weighted by atomic mass is 15.2. The molecule has 0 aromatic carbocycles. The topological polar surface area (TPSA) is 37.1 Å². The minimum absolute atomic E-state index is 1.39. The number of nitrogens with zero attached hydrogens (tertiary/aromatic N) is 3. The SMILES string of the molecule is C\C=N/C=N\N=C/C. The van der Waals surface area contributed by atoms with Crippen LogP contribution in [-0.4, -0.2) is 18.8 Å². The van der Waals surface area contributed by atoms with Crippen LogP contribution in [0, 0.1) is 0 Å². The van der Waals surface area contributed by atoms with Crippen molar-refractivity contribution < 1.29 is 0 Å². The molecule has 0 saturated heterocycles. The van der Waals surface area contributed by atoms with Gasteiger partial charge in [0.2, 0.25) is 0 Å². The van der Waals surface area contributed by atoms with Crippen molar-refractivity contribution in [1.29, 1.82) is 0 Å². The second kappa shape index (κ2) is 6.01. The molecule has 0 radical (unpaired) electrons. The molecule has 0 atom stereocenters. The van der Waals surface area contributed by atoms with Crippen LogP contribution >= 0.6 is 0 Å². The lowest BCUT2D eigenvalue weighted by Crippen LogP contribution is -1.63. The van der Waals surface area contributed by atoms with E-state index < -0.39 is 0 Å². The van der Waals surface area contributed by atoms with Gasteiger partial charge in [0.05, 0.1) is 0 Å². The average Bonchev–Trinajstić information content (AvgIpc) is 1.81. The Morgan fingerprint density at radius 2 is 1.75 bits per heavy atom. The maximum atomic E-state index is 3.68. The van der Waals surface area contributed by atoms with Crippen LogP contribution in [0.15, 0.2) is 15.2 Å². The molecule has 0 aliphatic carbocycles. The van der Waals surface area contributed by atoms with E-state index in [1.807, 2.05) is 6.92 Å². The Hall–Kier alpha value is -0.990. The quantitative estimate of drug-likeness (QED) is 0.291. The van der Waals surface area contributed by atoms with Crippen molar-refractivity contribution in [2.45, 2.75) is 13.8 Å². The summed E-state index contributed by atoms with van der Waals surface area (Å²) < 4.78 is 0. The third kappa shape index (κ3) is 5.01. The fourth-order valence-corrected chi connectivity index (χ4v) is 0.193. The normalized spacial score (nSPS) is 12.8. The van der Waals surface area contributed by atoms with Crippen LogP contribution in [0.1, 0.15) is 13.8 Å². The van der Waals surface area contributed by atoms with Crippen LogP contribution in [0.4, 0.5) is 0 Å². The second-order valence-electron chi connectivity index (χ2n) is 1.01. The Morgan fingerprint density at radius 1 is 1.00 bits per heavy atom. The zero-order valence-corrected chi connectivity index (χ0v) is 5.07. The minimum atomic E-state index is 1.39. The molecule has 3 nitrogen and oxygen atoms in total. The Bertz CT molecular complexity index is 98.8. The fraction of sp³-hybridized carbons (Fsp3) is 0.400. The minimum Gasteiger partial charge on any atom is -0.248 e. The number of hydrogen-bond donors (Lipinski definition) is 0. The third-order valence-electron chi connectivity index (χ3n) is 0.450. The molecule has 8 heavy (non-hydrogen) atoms. The first-order valence-electron chi connectivity index (χ1n) is 2.39. The highest BCUT2D eigenvalue weighted by Crippen LogP contribution is 1.65. The van der Waals surface area contributed by atoms with Crippen molar-refractivity contribution in [3.63, 3.8) is 0 Å². The van der Waals surface area contributed by atoms with Gasteiger partial charge < -0.3 is 0 Å². The van der Waals surface area contributed by atoms with Crippen molar-refractivity contribution in [2.75, 3.05) is 0 Å². The van der Waals surface area contributed by atoms with Gasteiger partial charge in [-0.25, -0.2) is 4.99 Å². The summed E-state index contributed by atoms with van der Waals surface area (Å²) in [7, 11) is 0. The molecule has 44 valence electrons. The molecule has 0 bridgehead atoms. The first-order valence-corrected chi connectivity index (χ1v) is 2.39. The first kappa shape index (κ1) is 7.01. The highest BCUT2D eigenvalue weighted by Gasteiger charge is 1.55. The van der Waals surface area contributed by atoms with Crippen LogP contribution in [0.2, 0.25) is 0 Å². The summed E-state index contributed by atoms with van der Waals surface area (Å²) in [5.41, 5.74) is 0. The summed E-state index contributed by atoms with van der Waals surface area (Å²) in [6.07, 6.45) is 4.64. The van der Waals surface area contributed by atoms with Crippen LogP contribution in [0.25, 0.3) is 0 Å².